The molecule has 0 aliphatic carbocycles. The quantitative estimate of drug-likeness (QED) is 0.632. The van der Waals surface area contributed by atoms with E-state index in [1.54, 1.807) is 0 Å². The summed E-state index contributed by atoms with van der Waals surface area (Å²) in [4.78, 5) is 30.3. The van der Waals surface area contributed by atoms with E-state index in [0.717, 1.165) is 18.2 Å². The Morgan fingerprint density at radius 2 is 1.61 bits per heavy atom. The number of piperazine rings is 1. The summed E-state index contributed by atoms with van der Waals surface area (Å²) in [5, 5.41) is 0. The summed E-state index contributed by atoms with van der Waals surface area (Å²) in [5.41, 5.74) is -0.651. The van der Waals surface area contributed by atoms with Crippen LogP contribution in [0.4, 0.5) is 13.2 Å². The number of hydrogen-bond donors (Lipinski definition) is 2. The van der Waals surface area contributed by atoms with Crippen molar-refractivity contribution in [3.63, 3.8) is 0 Å². The van der Waals surface area contributed by atoms with Crippen LogP contribution in [-0.4, -0.2) is 59.7 Å². The molecule has 0 spiro atoms. The van der Waals surface area contributed by atoms with E-state index in [-0.39, 0.29) is 36.6 Å². The van der Waals surface area contributed by atoms with Gasteiger partial charge in [0.1, 0.15) is 0 Å². The summed E-state index contributed by atoms with van der Waals surface area (Å²) < 4.78 is 65.8. The van der Waals surface area contributed by atoms with Gasteiger partial charge in [0.15, 0.2) is 0 Å². The fourth-order valence-electron chi connectivity index (χ4n) is 3.46. The topological polar surface area (TPSA) is 106 Å². The Morgan fingerprint density at radius 3 is 2.29 bits per heavy atom. The van der Waals surface area contributed by atoms with Gasteiger partial charge < -0.3 is 14.9 Å². The van der Waals surface area contributed by atoms with Gasteiger partial charge in [-0.3, -0.25) is 4.79 Å². The lowest BCUT2D eigenvalue weighted by Gasteiger charge is -2.34. The minimum Gasteiger partial charge on any atom is -0.336 e. The van der Waals surface area contributed by atoms with Crippen molar-refractivity contribution in [1.29, 1.82) is 0 Å². The van der Waals surface area contributed by atoms with Crippen molar-refractivity contribution >= 4 is 27.0 Å². The number of sulfonamides is 1. The zero-order valence-corrected chi connectivity index (χ0v) is 16.8. The summed E-state index contributed by atoms with van der Waals surface area (Å²) >= 11 is 0. The number of alkyl halides is 3. The van der Waals surface area contributed by atoms with Crippen molar-refractivity contribution < 1.29 is 26.4 Å². The standard InChI is InChI=1S/C19H17F3N4O4S/c20-19(21,22)13-3-1-2-12(10-13)17(27)25-6-8-26(9-7-25)31(29,30)14-4-5-15-16(11-14)24-18(28)23-15/h1-5,10-11H,6-9H2,(H2,23,24,28). The van der Waals surface area contributed by atoms with Gasteiger partial charge >= 0.3 is 11.9 Å². The lowest BCUT2D eigenvalue weighted by atomic mass is 10.1. The first-order valence-corrected chi connectivity index (χ1v) is 10.7. The summed E-state index contributed by atoms with van der Waals surface area (Å²) in [6, 6.07) is 8.35. The van der Waals surface area contributed by atoms with Gasteiger partial charge in [-0.2, -0.15) is 17.5 Å². The SMILES string of the molecule is O=C(c1cccc(C(F)(F)F)c1)N1CCN(S(=O)(=O)c2ccc3[nH]c(=O)[nH]c3c2)CC1. The third-order valence-electron chi connectivity index (χ3n) is 5.09. The highest BCUT2D eigenvalue weighted by Crippen LogP contribution is 2.30. The molecule has 1 amide bonds. The first-order valence-electron chi connectivity index (χ1n) is 9.24. The van der Waals surface area contributed by atoms with Gasteiger partial charge in [-0.05, 0) is 36.4 Å². The van der Waals surface area contributed by atoms with Gasteiger partial charge in [0, 0.05) is 31.7 Å². The van der Waals surface area contributed by atoms with Crippen LogP contribution in [0.1, 0.15) is 15.9 Å². The van der Waals surface area contributed by atoms with Gasteiger partial charge in [0.25, 0.3) is 5.91 Å². The summed E-state index contributed by atoms with van der Waals surface area (Å²) in [6.07, 6.45) is -4.56. The number of hydrogen-bond acceptors (Lipinski definition) is 4. The summed E-state index contributed by atoms with van der Waals surface area (Å²) in [5.74, 6) is -0.588. The highest BCUT2D eigenvalue weighted by Gasteiger charge is 2.33. The highest BCUT2D eigenvalue weighted by molar-refractivity contribution is 7.89. The van der Waals surface area contributed by atoms with Crippen LogP contribution in [0, 0.1) is 0 Å². The number of aromatic amines is 2. The predicted molar refractivity (Wildman–Crippen MR) is 105 cm³/mol. The molecular formula is C19H17F3N4O4S. The van der Waals surface area contributed by atoms with Gasteiger partial charge in [0.05, 0.1) is 21.5 Å². The molecule has 164 valence electrons. The molecule has 2 heterocycles. The largest absolute Gasteiger partial charge is 0.416 e. The van der Waals surface area contributed by atoms with Crippen molar-refractivity contribution in [3.8, 4) is 0 Å². The maximum Gasteiger partial charge on any atom is 0.416 e. The number of rotatable bonds is 3. The molecule has 1 aliphatic rings. The van der Waals surface area contributed by atoms with Crippen LogP contribution in [-0.2, 0) is 16.2 Å². The fraction of sp³-hybridized carbons (Fsp3) is 0.263. The first-order chi connectivity index (χ1) is 14.6. The Morgan fingerprint density at radius 1 is 0.935 bits per heavy atom. The molecule has 8 nitrogen and oxygen atoms in total. The second-order valence-corrected chi connectivity index (χ2v) is 9.00. The number of benzene rings is 2. The van der Waals surface area contributed by atoms with Crippen LogP contribution < -0.4 is 5.69 Å². The fourth-order valence-corrected chi connectivity index (χ4v) is 4.91. The monoisotopic (exact) mass is 454 g/mol. The van der Waals surface area contributed by atoms with Crippen molar-refractivity contribution in [1.82, 2.24) is 19.2 Å². The molecule has 12 heteroatoms. The van der Waals surface area contributed by atoms with Crippen LogP contribution >= 0.6 is 0 Å². The van der Waals surface area contributed by atoms with E-state index in [0.29, 0.717) is 11.0 Å². The number of amides is 1. The number of carbonyl (C=O) groups excluding carboxylic acids is 1. The van der Waals surface area contributed by atoms with Crippen LogP contribution in [0.5, 0.6) is 0 Å². The molecule has 0 unspecified atom stereocenters. The molecule has 1 aliphatic heterocycles. The molecule has 0 radical (unpaired) electrons. The molecule has 1 fully saturated rings. The van der Waals surface area contributed by atoms with Crippen molar-refractivity contribution in [2.75, 3.05) is 26.2 Å². The van der Waals surface area contributed by atoms with Crippen molar-refractivity contribution in [3.05, 3.63) is 64.1 Å². The summed E-state index contributed by atoms with van der Waals surface area (Å²) in [6.45, 7) is 0.0680. The molecule has 0 bridgehead atoms. The number of aromatic nitrogens is 2. The Bertz CT molecular complexity index is 1310. The Labute approximate surface area is 174 Å². The molecule has 0 atom stereocenters. The van der Waals surface area contributed by atoms with Crippen LogP contribution in [0.2, 0.25) is 0 Å². The van der Waals surface area contributed by atoms with Crippen molar-refractivity contribution in [2.24, 2.45) is 0 Å². The Kier molecular flexibility index (Phi) is 5.13. The van der Waals surface area contributed by atoms with E-state index in [4.69, 9.17) is 0 Å². The molecule has 2 N–H and O–H groups in total. The molecule has 1 aromatic heterocycles. The number of carbonyl (C=O) groups is 1. The highest BCUT2D eigenvalue weighted by atomic mass is 32.2. The minimum atomic E-state index is -4.56. The molecule has 1 saturated heterocycles. The molecular weight excluding hydrogens is 437 g/mol. The molecule has 2 aromatic carbocycles. The van der Waals surface area contributed by atoms with Crippen LogP contribution in [0.25, 0.3) is 11.0 Å². The van der Waals surface area contributed by atoms with E-state index in [2.05, 4.69) is 9.97 Å². The second-order valence-electron chi connectivity index (χ2n) is 7.06. The van der Waals surface area contributed by atoms with E-state index >= 15 is 0 Å². The number of H-pyrrole nitrogens is 2. The number of nitrogens with one attached hydrogen (secondary N) is 2. The molecule has 3 aromatic rings. The average molecular weight is 454 g/mol. The zero-order valence-electron chi connectivity index (χ0n) is 15.9. The predicted octanol–water partition coefficient (Wildman–Crippen LogP) is 2.02. The van der Waals surface area contributed by atoms with Gasteiger partial charge in [-0.25, -0.2) is 13.2 Å². The third kappa shape index (κ3) is 4.08. The minimum absolute atomic E-state index is 0.00523. The Hall–Kier alpha value is -3.12. The van der Waals surface area contributed by atoms with Crippen molar-refractivity contribution in [2.45, 2.75) is 11.1 Å². The zero-order chi connectivity index (χ0) is 22.4. The number of nitrogens with zero attached hydrogens (tertiary/aromatic N) is 2. The van der Waals surface area contributed by atoms with E-state index in [1.165, 1.54) is 33.5 Å². The number of halogens is 3. The van der Waals surface area contributed by atoms with E-state index in [9.17, 15) is 31.2 Å². The van der Waals surface area contributed by atoms with Gasteiger partial charge in [0.2, 0.25) is 10.0 Å². The van der Waals surface area contributed by atoms with Crippen LogP contribution in [0.15, 0.2) is 52.2 Å². The smallest absolute Gasteiger partial charge is 0.336 e. The maximum absolute atomic E-state index is 12.9. The average Bonchev–Trinajstić information content (AvgIpc) is 3.12. The number of imidazole rings is 1. The maximum atomic E-state index is 12.9. The first kappa shape index (κ1) is 21.1. The lowest BCUT2D eigenvalue weighted by molar-refractivity contribution is -0.137. The molecule has 4 rings (SSSR count). The van der Waals surface area contributed by atoms with Crippen LogP contribution in [0.3, 0.4) is 0 Å². The molecule has 0 saturated carbocycles. The second kappa shape index (κ2) is 7.54. The van der Waals surface area contributed by atoms with Gasteiger partial charge in [-0.15, -0.1) is 0 Å². The summed E-state index contributed by atoms with van der Waals surface area (Å²) in [7, 11) is -3.87. The molecule has 31 heavy (non-hydrogen) atoms. The normalized spacial score (nSPS) is 16.0. The number of fused-ring (bicyclic) bond motifs is 1. The van der Waals surface area contributed by atoms with E-state index < -0.39 is 33.4 Å². The third-order valence-corrected chi connectivity index (χ3v) is 6.98. The van der Waals surface area contributed by atoms with Gasteiger partial charge in [-0.1, -0.05) is 6.07 Å². The van der Waals surface area contributed by atoms with E-state index in [1.807, 2.05) is 0 Å². The lowest BCUT2D eigenvalue weighted by Crippen LogP contribution is -2.50. The Balaban J connectivity index is 1.48.